The first kappa shape index (κ1) is 14.6. The van der Waals surface area contributed by atoms with Crippen molar-refractivity contribution in [2.24, 2.45) is 11.7 Å². The van der Waals surface area contributed by atoms with Crippen LogP contribution in [0, 0.1) is 5.92 Å². The molecule has 0 heterocycles. The number of nitrogens with two attached hydrogens (primary N) is 1. The van der Waals surface area contributed by atoms with Gasteiger partial charge in [0, 0.05) is 18.2 Å². The Morgan fingerprint density at radius 1 is 1.09 bits per heavy atom. The van der Waals surface area contributed by atoms with E-state index in [-0.39, 0.29) is 11.9 Å². The molecule has 1 fully saturated rings. The zero-order chi connectivity index (χ0) is 15.4. The molecule has 1 aliphatic rings. The monoisotopic (exact) mass is 296 g/mol. The fourth-order valence-corrected chi connectivity index (χ4v) is 2.30. The van der Waals surface area contributed by atoms with Crippen LogP contribution in [0.5, 0.6) is 11.5 Å². The van der Waals surface area contributed by atoms with E-state index in [1.54, 1.807) is 24.3 Å². The van der Waals surface area contributed by atoms with Gasteiger partial charge in [-0.3, -0.25) is 4.79 Å². The van der Waals surface area contributed by atoms with Crippen LogP contribution in [0.3, 0.4) is 0 Å². The third-order valence-corrected chi connectivity index (χ3v) is 3.82. The number of hydrogen-bond donors (Lipinski definition) is 2. The molecule has 4 heteroatoms. The number of nitrogens with one attached hydrogen (secondary N) is 1. The standard InChI is InChI=1S/C18H20N2O2/c19-17(13-6-7-13)12-20-18(21)14-8-10-16(11-9-14)22-15-4-2-1-3-5-15/h1-5,8-11,13,17H,6-7,12,19H2,(H,20,21). The zero-order valence-corrected chi connectivity index (χ0v) is 12.4. The van der Waals surface area contributed by atoms with Gasteiger partial charge in [0.2, 0.25) is 0 Å². The Hall–Kier alpha value is -2.33. The molecule has 0 aromatic heterocycles. The maximum atomic E-state index is 12.1. The lowest BCUT2D eigenvalue weighted by atomic mass is 10.1. The van der Waals surface area contributed by atoms with Gasteiger partial charge < -0.3 is 15.8 Å². The number of carbonyl (C=O) groups excluding carboxylic acids is 1. The molecule has 0 saturated heterocycles. The predicted molar refractivity (Wildman–Crippen MR) is 86.0 cm³/mol. The van der Waals surface area contributed by atoms with Crippen LogP contribution in [0.4, 0.5) is 0 Å². The zero-order valence-electron chi connectivity index (χ0n) is 12.4. The Morgan fingerprint density at radius 2 is 1.73 bits per heavy atom. The lowest BCUT2D eigenvalue weighted by Gasteiger charge is -2.12. The van der Waals surface area contributed by atoms with Gasteiger partial charge in [0.15, 0.2) is 0 Å². The quantitative estimate of drug-likeness (QED) is 0.861. The molecule has 0 radical (unpaired) electrons. The maximum Gasteiger partial charge on any atom is 0.251 e. The van der Waals surface area contributed by atoms with Gasteiger partial charge in [-0.05, 0) is 55.2 Å². The molecular formula is C18H20N2O2. The molecule has 22 heavy (non-hydrogen) atoms. The van der Waals surface area contributed by atoms with E-state index in [4.69, 9.17) is 10.5 Å². The predicted octanol–water partition coefficient (Wildman–Crippen LogP) is 2.95. The van der Waals surface area contributed by atoms with Crippen LogP contribution in [0.15, 0.2) is 54.6 Å². The summed E-state index contributed by atoms with van der Waals surface area (Å²) in [6.45, 7) is 0.533. The largest absolute Gasteiger partial charge is 0.457 e. The minimum Gasteiger partial charge on any atom is -0.457 e. The van der Waals surface area contributed by atoms with Crippen molar-refractivity contribution in [2.75, 3.05) is 6.54 Å². The van der Waals surface area contributed by atoms with Crippen molar-refractivity contribution >= 4 is 5.91 Å². The third-order valence-electron chi connectivity index (χ3n) is 3.82. The molecule has 114 valence electrons. The van der Waals surface area contributed by atoms with Crippen molar-refractivity contribution < 1.29 is 9.53 Å². The Morgan fingerprint density at radius 3 is 2.36 bits per heavy atom. The number of benzene rings is 2. The molecule has 3 N–H and O–H groups in total. The minimum atomic E-state index is -0.0950. The number of amides is 1. The van der Waals surface area contributed by atoms with Gasteiger partial charge in [-0.25, -0.2) is 0 Å². The summed E-state index contributed by atoms with van der Waals surface area (Å²) in [6, 6.07) is 16.7. The second-order valence-electron chi connectivity index (χ2n) is 5.65. The van der Waals surface area contributed by atoms with E-state index in [0.29, 0.717) is 23.8 Å². The van der Waals surface area contributed by atoms with Crippen molar-refractivity contribution in [1.29, 1.82) is 0 Å². The number of para-hydroxylation sites is 1. The molecule has 2 aromatic carbocycles. The highest BCUT2D eigenvalue weighted by Gasteiger charge is 2.28. The first-order valence-electron chi connectivity index (χ1n) is 7.59. The van der Waals surface area contributed by atoms with E-state index >= 15 is 0 Å². The van der Waals surface area contributed by atoms with Crippen LogP contribution in [-0.4, -0.2) is 18.5 Å². The van der Waals surface area contributed by atoms with Crippen molar-refractivity contribution in [3.05, 3.63) is 60.2 Å². The fourth-order valence-electron chi connectivity index (χ4n) is 2.30. The van der Waals surface area contributed by atoms with Gasteiger partial charge in [0.25, 0.3) is 5.91 Å². The first-order chi connectivity index (χ1) is 10.7. The Kier molecular flexibility index (Phi) is 4.39. The number of carbonyl (C=O) groups is 1. The van der Waals surface area contributed by atoms with Gasteiger partial charge in [-0.1, -0.05) is 18.2 Å². The van der Waals surface area contributed by atoms with Gasteiger partial charge in [0.1, 0.15) is 11.5 Å². The SMILES string of the molecule is NC(CNC(=O)c1ccc(Oc2ccccc2)cc1)C1CC1. The second-order valence-corrected chi connectivity index (χ2v) is 5.65. The van der Waals surface area contributed by atoms with Gasteiger partial charge in [-0.15, -0.1) is 0 Å². The molecule has 1 saturated carbocycles. The summed E-state index contributed by atoms with van der Waals surface area (Å²) >= 11 is 0. The Bertz CT molecular complexity index is 621. The summed E-state index contributed by atoms with van der Waals surface area (Å²) in [5, 5.41) is 2.88. The Balaban J connectivity index is 1.55. The van der Waals surface area contributed by atoms with Gasteiger partial charge in [0.05, 0.1) is 0 Å². The topological polar surface area (TPSA) is 64.3 Å². The lowest BCUT2D eigenvalue weighted by molar-refractivity contribution is 0.0950. The molecule has 2 aromatic rings. The van der Waals surface area contributed by atoms with Crippen molar-refractivity contribution in [1.82, 2.24) is 5.32 Å². The molecular weight excluding hydrogens is 276 g/mol. The van der Waals surface area contributed by atoms with Crippen LogP contribution < -0.4 is 15.8 Å². The van der Waals surface area contributed by atoms with E-state index in [9.17, 15) is 4.79 Å². The van der Waals surface area contributed by atoms with Gasteiger partial charge >= 0.3 is 0 Å². The molecule has 1 aliphatic carbocycles. The summed E-state index contributed by atoms with van der Waals surface area (Å²) in [4.78, 5) is 12.1. The van der Waals surface area contributed by atoms with E-state index in [1.165, 1.54) is 12.8 Å². The summed E-state index contributed by atoms with van der Waals surface area (Å²) in [5.74, 6) is 1.97. The average molecular weight is 296 g/mol. The second kappa shape index (κ2) is 6.62. The van der Waals surface area contributed by atoms with Crippen LogP contribution >= 0.6 is 0 Å². The van der Waals surface area contributed by atoms with Crippen LogP contribution in [-0.2, 0) is 0 Å². The van der Waals surface area contributed by atoms with E-state index in [1.807, 2.05) is 30.3 Å². The maximum absolute atomic E-state index is 12.1. The van der Waals surface area contributed by atoms with E-state index in [0.717, 1.165) is 5.75 Å². The lowest BCUT2D eigenvalue weighted by Crippen LogP contribution is -2.38. The molecule has 1 amide bonds. The summed E-state index contributed by atoms with van der Waals surface area (Å²) in [5.41, 5.74) is 6.59. The molecule has 4 nitrogen and oxygen atoms in total. The normalized spacial score (nSPS) is 15.1. The molecule has 3 rings (SSSR count). The summed E-state index contributed by atoms with van der Waals surface area (Å²) in [6.07, 6.45) is 2.37. The Labute approximate surface area is 130 Å². The van der Waals surface area contributed by atoms with Crippen molar-refractivity contribution in [3.63, 3.8) is 0 Å². The fraction of sp³-hybridized carbons (Fsp3) is 0.278. The van der Waals surface area contributed by atoms with Crippen LogP contribution in [0.2, 0.25) is 0 Å². The summed E-state index contributed by atoms with van der Waals surface area (Å²) < 4.78 is 5.70. The molecule has 1 atom stereocenters. The third kappa shape index (κ3) is 3.86. The highest BCUT2D eigenvalue weighted by Crippen LogP contribution is 2.31. The smallest absolute Gasteiger partial charge is 0.251 e. The molecule has 0 aliphatic heterocycles. The molecule has 1 unspecified atom stereocenters. The highest BCUT2D eigenvalue weighted by atomic mass is 16.5. The number of ether oxygens (including phenoxy) is 1. The van der Waals surface area contributed by atoms with Crippen molar-refractivity contribution in [2.45, 2.75) is 18.9 Å². The van der Waals surface area contributed by atoms with Crippen LogP contribution in [0.25, 0.3) is 0 Å². The molecule has 0 bridgehead atoms. The first-order valence-corrected chi connectivity index (χ1v) is 7.59. The van der Waals surface area contributed by atoms with Crippen molar-refractivity contribution in [3.8, 4) is 11.5 Å². The summed E-state index contributed by atoms with van der Waals surface area (Å²) in [7, 11) is 0. The number of hydrogen-bond acceptors (Lipinski definition) is 3. The highest BCUT2D eigenvalue weighted by molar-refractivity contribution is 5.94. The molecule has 0 spiro atoms. The van der Waals surface area contributed by atoms with E-state index < -0.39 is 0 Å². The van der Waals surface area contributed by atoms with Gasteiger partial charge in [-0.2, -0.15) is 0 Å². The number of rotatable bonds is 6. The average Bonchev–Trinajstić information content (AvgIpc) is 3.39. The van der Waals surface area contributed by atoms with E-state index in [2.05, 4.69) is 5.32 Å². The van der Waals surface area contributed by atoms with Crippen LogP contribution in [0.1, 0.15) is 23.2 Å². The minimum absolute atomic E-state index is 0.0737.